The first kappa shape index (κ1) is 12.7. The Bertz CT molecular complexity index is 448. The fourth-order valence-corrected chi connectivity index (χ4v) is 2.39. The van der Waals surface area contributed by atoms with Crippen molar-refractivity contribution in [2.75, 3.05) is 6.54 Å². The molecule has 1 amide bonds. The van der Waals surface area contributed by atoms with Gasteiger partial charge in [0, 0.05) is 31.4 Å². The molecule has 0 saturated heterocycles. The number of nitrogens with one attached hydrogen (secondary N) is 1. The van der Waals surface area contributed by atoms with Gasteiger partial charge in [0.1, 0.15) is 6.54 Å². The number of likely N-dealkylation sites (N-methyl/N-ethyl adjacent to an activating group) is 1. The predicted molar refractivity (Wildman–Crippen MR) is 72.5 cm³/mol. The van der Waals surface area contributed by atoms with Gasteiger partial charge in [0.15, 0.2) is 0 Å². The average molecular weight is 262 g/mol. The monoisotopic (exact) mass is 262 g/mol. The van der Waals surface area contributed by atoms with Crippen molar-refractivity contribution in [3.63, 3.8) is 0 Å². The van der Waals surface area contributed by atoms with Crippen LogP contribution in [-0.2, 0) is 17.9 Å². The number of hydrogen-bond acceptors (Lipinski definition) is 3. The van der Waals surface area contributed by atoms with Crippen molar-refractivity contribution in [1.82, 2.24) is 19.8 Å². The quantitative estimate of drug-likeness (QED) is 0.802. The summed E-state index contributed by atoms with van der Waals surface area (Å²) in [6.07, 6.45) is 8.65. The van der Waals surface area contributed by atoms with E-state index >= 15 is 0 Å². The molecule has 0 bridgehead atoms. The van der Waals surface area contributed by atoms with Crippen LogP contribution in [0.15, 0.2) is 12.5 Å². The van der Waals surface area contributed by atoms with Crippen molar-refractivity contribution in [2.24, 2.45) is 0 Å². The zero-order chi connectivity index (χ0) is 13.2. The Morgan fingerprint density at radius 1 is 1.47 bits per heavy atom. The van der Waals surface area contributed by atoms with Crippen LogP contribution in [-0.4, -0.2) is 39.0 Å². The summed E-state index contributed by atoms with van der Waals surface area (Å²) >= 11 is 0. The van der Waals surface area contributed by atoms with Crippen LogP contribution >= 0.6 is 0 Å². The molecule has 1 heterocycles. The van der Waals surface area contributed by atoms with Crippen molar-refractivity contribution >= 4 is 5.91 Å². The first-order valence-corrected chi connectivity index (χ1v) is 7.29. The molecule has 104 valence electrons. The summed E-state index contributed by atoms with van der Waals surface area (Å²) < 4.78 is 1.90. The Morgan fingerprint density at radius 2 is 2.26 bits per heavy atom. The molecule has 2 fully saturated rings. The van der Waals surface area contributed by atoms with Gasteiger partial charge in [0.25, 0.3) is 0 Å². The zero-order valence-electron chi connectivity index (χ0n) is 11.5. The molecule has 0 unspecified atom stereocenters. The maximum atomic E-state index is 12.2. The summed E-state index contributed by atoms with van der Waals surface area (Å²) in [6, 6.07) is 1.19. The van der Waals surface area contributed by atoms with E-state index in [0.29, 0.717) is 18.6 Å². The van der Waals surface area contributed by atoms with Crippen molar-refractivity contribution in [1.29, 1.82) is 0 Å². The fourth-order valence-electron chi connectivity index (χ4n) is 2.39. The molecule has 2 aliphatic carbocycles. The highest BCUT2D eigenvalue weighted by Gasteiger charge is 2.31. The van der Waals surface area contributed by atoms with E-state index in [1.165, 1.54) is 25.7 Å². The molecule has 2 saturated carbocycles. The summed E-state index contributed by atoms with van der Waals surface area (Å²) in [6.45, 7) is 4.09. The molecule has 0 aliphatic heterocycles. The highest BCUT2D eigenvalue weighted by molar-refractivity contribution is 5.76. The largest absolute Gasteiger partial charge is 0.338 e. The molecule has 0 aromatic carbocycles. The van der Waals surface area contributed by atoms with E-state index in [1.807, 2.05) is 15.7 Å². The van der Waals surface area contributed by atoms with E-state index < -0.39 is 0 Å². The standard InChI is InChI=1S/C14H22N4O/c1-2-18(13-5-6-13)14(19)9-17-8-12(16-10-17)7-15-11-3-4-11/h8,10-11,13,15H,2-7,9H2,1H3. The lowest BCUT2D eigenvalue weighted by Gasteiger charge is -2.20. The molecule has 19 heavy (non-hydrogen) atoms. The zero-order valence-corrected chi connectivity index (χ0v) is 11.5. The second-order valence-corrected chi connectivity index (χ2v) is 5.60. The van der Waals surface area contributed by atoms with Gasteiger partial charge in [-0.15, -0.1) is 0 Å². The van der Waals surface area contributed by atoms with E-state index in [1.54, 1.807) is 6.33 Å². The summed E-state index contributed by atoms with van der Waals surface area (Å²) in [5.41, 5.74) is 1.02. The van der Waals surface area contributed by atoms with Crippen LogP contribution in [0, 0.1) is 0 Å². The number of rotatable bonds is 7. The van der Waals surface area contributed by atoms with Crippen LogP contribution in [0.1, 0.15) is 38.3 Å². The number of hydrogen-bond donors (Lipinski definition) is 1. The van der Waals surface area contributed by atoms with E-state index in [2.05, 4.69) is 17.2 Å². The maximum Gasteiger partial charge on any atom is 0.242 e. The first-order chi connectivity index (χ1) is 9.26. The van der Waals surface area contributed by atoms with E-state index in [4.69, 9.17) is 0 Å². The molecule has 0 atom stereocenters. The van der Waals surface area contributed by atoms with Gasteiger partial charge in [-0.1, -0.05) is 0 Å². The van der Waals surface area contributed by atoms with E-state index in [-0.39, 0.29) is 5.91 Å². The third kappa shape index (κ3) is 3.35. The normalized spacial score (nSPS) is 18.6. The summed E-state index contributed by atoms with van der Waals surface area (Å²) in [5, 5.41) is 3.43. The number of amides is 1. The van der Waals surface area contributed by atoms with Gasteiger partial charge < -0.3 is 14.8 Å². The lowest BCUT2D eigenvalue weighted by Crippen LogP contribution is -2.35. The van der Waals surface area contributed by atoms with Crippen LogP contribution in [0.25, 0.3) is 0 Å². The second kappa shape index (κ2) is 5.33. The Hall–Kier alpha value is -1.36. The molecule has 5 heteroatoms. The van der Waals surface area contributed by atoms with Crippen LogP contribution in [0.5, 0.6) is 0 Å². The highest BCUT2D eigenvalue weighted by Crippen LogP contribution is 2.26. The molecule has 1 aromatic rings. The fraction of sp³-hybridized carbons (Fsp3) is 0.714. The van der Waals surface area contributed by atoms with Gasteiger partial charge >= 0.3 is 0 Å². The second-order valence-electron chi connectivity index (χ2n) is 5.60. The number of carbonyl (C=O) groups is 1. The van der Waals surface area contributed by atoms with Gasteiger partial charge in [-0.25, -0.2) is 4.98 Å². The summed E-state index contributed by atoms with van der Waals surface area (Å²) in [5.74, 6) is 0.212. The Labute approximate surface area is 114 Å². The minimum atomic E-state index is 0.212. The molecule has 0 spiro atoms. The molecule has 1 N–H and O–H groups in total. The van der Waals surface area contributed by atoms with Crippen molar-refractivity contribution in [2.45, 2.75) is 57.8 Å². The Kier molecular flexibility index (Phi) is 3.55. The molecule has 5 nitrogen and oxygen atoms in total. The van der Waals surface area contributed by atoms with Crippen LogP contribution in [0.2, 0.25) is 0 Å². The topological polar surface area (TPSA) is 50.2 Å². The van der Waals surface area contributed by atoms with Gasteiger partial charge in [-0.2, -0.15) is 0 Å². The number of aromatic nitrogens is 2. The Morgan fingerprint density at radius 3 is 2.89 bits per heavy atom. The van der Waals surface area contributed by atoms with Crippen molar-refractivity contribution in [3.05, 3.63) is 18.2 Å². The molecule has 1 aromatic heterocycles. The van der Waals surface area contributed by atoms with Crippen molar-refractivity contribution < 1.29 is 4.79 Å². The first-order valence-electron chi connectivity index (χ1n) is 7.29. The van der Waals surface area contributed by atoms with Crippen LogP contribution < -0.4 is 5.32 Å². The smallest absolute Gasteiger partial charge is 0.242 e. The molecular weight excluding hydrogens is 240 g/mol. The van der Waals surface area contributed by atoms with E-state index in [0.717, 1.165) is 18.8 Å². The van der Waals surface area contributed by atoms with Crippen LogP contribution in [0.4, 0.5) is 0 Å². The Balaban J connectivity index is 1.51. The average Bonchev–Trinajstić information content (AvgIpc) is 3.30. The number of nitrogens with zero attached hydrogens (tertiary/aromatic N) is 3. The van der Waals surface area contributed by atoms with Gasteiger partial charge in [0.05, 0.1) is 12.0 Å². The third-order valence-corrected chi connectivity index (χ3v) is 3.80. The number of carbonyl (C=O) groups excluding carboxylic acids is 1. The van der Waals surface area contributed by atoms with Crippen LogP contribution in [0.3, 0.4) is 0 Å². The minimum absolute atomic E-state index is 0.212. The molecule has 0 radical (unpaired) electrons. The molecule has 3 rings (SSSR count). The van der Waals surface area contributed by atoms with E-state index in [9.17, 15) is 4.79 Å². The van der Waals surface area contributed by atoms with Crippen molar-refractivity contribution in [3.8, 4) is 0 Å². The maximum absolute atomic E-state index is 12.2. The summed E-state index contributed by atoms with van der Waals surface area (Å²) in [4.78, 5) is 18.5. The number of imidazole rings is 1. The lowest BCUT2D eigenvalue weighted by molar-refractivity contribution is -0.132. The summed E-state index contributed by atoms with van der Waals surface area (Å²) in [7, 11) is 0. The third-order valence-electron chi connectivity index (χ3n) is 3.80. The molecular formula is C14H22N4O. The minimum Gasteiger partial charge on any atom is -0.338 e. The van der Waals surface area contributed by atoms with Gasteiger partial charge in [-0.3, -0.25) is 4.79 Å². The SMILES string of the molecule is CCN(C(=O)Cn1cnc(CNC2CC2)c1)C1CC1. The predicted octanol–water partition coefficient (Wildman–Crippen LogP) is 1.15. The van der Waals surface area contributed by atoms with Gasteiger partial charge in [0.2, 0.25) is 5.91 Å². The lowest BCUT2D eigenvalue weighted by atomic mass is 10.4. The molecule has 2 aliphatic rings. The highest BCUT2D eigenvalue weighted by atomic mass is 16.2. The van der Waals surface area contributed by atoms with Gasteiger partial charge in [-0.05, 0) is 32.6 Å².